The zero-order chi connectivity index (χ0) is 14.5. The zero-order valence-corrected chi connectivity index (χ0v) is 15.0. The second-order valence-corrected chi connectivity index (χ2v) is 6.48. The van der Waals surface area contributed by atoms with E-state index < -0.39 is 0 Å². The molecule has 0 amide bonds. The monoisotopic (exact) mass is 395 g/mol. The van der Waals surface area contributed by atoms with Crippen LogP contribution in [0.5, 0.6) is 0 Å². The second kappa shape index (κ2) is 7.39. The summed E-state index contributed by atoms with van der Waals surface area (Å²) in [5, 5.41) is 3.61. The summed E-state index contributed by atoms with van der Waals surface area (Å²) in [5.41, 5.74) is 4.02. The lowest BCUT2D eigenvalue weighted by molar-refractivity contribution is 0.623. The first-order valence-corrected chi connectivity index (χ1v) is 8.52. The highest BCUT2D eigenvalue weighted by molar-refractivity contribution is 9.11. The number of hydrogen-bond acceptors (Lipinski definition) is 1. The molecule has 106 valence electrons. The van der Waals surface area contributed by atoms with Crippen molar-refractivity contribution < 1.29 is 0 Å². The lowest BCUT2D eigenvalue weighted by Crippen LogP contribution is -2.23. The van der Waals surface area contributed by atoms with Gasteiger partial charge in [-0.15, -0.1) is 0 Å². The predicted molar refractivity (Wildman–Crippen MR) is 93.2 cm³/mol. The van der Waals surface area contributed by atoms with Crippen LogP contribution in [0.2, 0.25) is 0 Å². The molecule has 0 fully saturated rings. The molecule has 0 saturated carbocycles. The van der Waals surface area contributed by atoms with Crippen molar-refractivity contribution in [1.29, 1.82) is 0 Å². The zero-order valence-electron chi connectivity index (χ0n) is 11.8. The van der Waals surface area contributed by atoms with Crippen LogP contribution in [0.4, 0.5) is 0 Å². The lowest BCUT2D eigenvalue weighted by Gasteiger charge is -2.23. The molecule has 0 aliphatic heterocycles. The third-order valence-corrected chi connectivity index (χ3v) is 4.64. The number of halogens is 2. The molecule has 1 atom stereocenters. The van der Waals surface area contributed by atoms with Crippen LogP contribution in [0.3, 0.4) is 0 Å². The van der Waals surface area contributed by atoms with Gasteiger partial charge in [-0.3, -0.25) is 0 Å². The maximum absolute atomic E-state index is 3.68. The van der Waals surface area contributed by atoms with Crippen molar-refractivity contribution in [1.82, 2.24) is 5.32 Å². The first kappa shape index (κ1) is 15.7. The molecule has 1 unspecified atom stereocenters. The van der Waals surface area contributed by atoms with Gasteiger partial charge in [0.1, 0.15) is 0 Å². The SMILES string of the molecule is CCNC(c1cc(Br)ccc1Br)c1ccccc1CC. The van der Waals surface area contributed by atoms with Crippen LogP contribution in [0.15, 0.2) is 51.4 Å². The van der Waals surface area contributed by atoms with Gasteiger partial charge in [-0.2, -0.15) is 0 Å². The number of aryl methyl sites for hydroxylation is 1. The summed E-state index contributed by atoms with van der Waals surface area (Å²) in [7, 11) is 0. The number of benzene rings is 2. The van der Waals surface area contributed by atoms with Crippen molar-refractivity contribution in [2.45, 2.75) is 26.3 Å². The van der Waals surface area contributed by atoms with Crippen LogP contribution in [-0.4, -0.2) is 6.54 Å². The average Bonchev–Trinajstić information content (AvgIpc) is 2.47. The number of hydrogen-bond donors (Lipinski definition) is 1. The summed E-state index contributed by atoms with van der Waals surface area (Å²) in [6, 6.07) is 15.2. The molecule has 0 bridgehead atoms. The molecule has 0 spiro atoms. The van der Waals surface area contributed by atoms with Gasteiger partial charge in [-0.25, -0.2) is 0 Å². The van der Waals surface area contributed by atoms with E-state index in [1.54, 1.807) is 0 Å². The van der Waals surface area contributed by atoms with Crippen molar-refractivity contribution in [3.8, 4) is 0 Å². The minimum absolute atomic E-state index is 0.211. The Morgan fingerprint density at radius 1 is 1.00 bits per heavy atom. The molecule has 2 aromatic rings. The Labute approximate surface area is 138 Å². The van der Waals surface area contributed by atoms with Gasteiger partial charge < -0.3 is 5.32 Å². The fourth-order valence-electron chi connectivity index (χ4n) is 2.47. The van der Waals surface area contributed by atoms with Gasteiger partial charge in [-0.1, -0.05) is 70.0 Å². The summed E-state index contributed by atoms with van der Waals surface area (Å²) < 4.78 is 2.24. The molecule has 3 heteroatoms. The van der Waals surface area contributed by atoms with Crippen molar-refractivity contribution in [2.24, 2.45) is 0 Å². The van der Waals surface area contributed by atoms with E-state index in [4.69, 9.17) is 0 Å². The standard InChI is InChI=1S/C17H19Br2N/c1-3-12-7-5-6-8-14(12)17(20-4-2)15-11-13(18)9-10-16(15)19/h5-11,17,20H,3-4H2,1-2H3. The molecule has 2 aromatic carbocycles. The molecule has 0 radical (unpaired) electrons. The van der Waals surface area contributed by atoms with Crippen LogP contribution >= 0.6 is 31.9 Å². The summed E-state index contributed by atoms with van der Waals surface area (Å²) in [4.78, 5) is 0. The van der Waals surface area contributed by atoms with Crippen LogP contribution in [0.1, 0.15) is 36.6 Å². The molecule has 1 N–H and O–H groups in total. The normalized spacial score (nSPS) is 12.4. The van der Waals surface area contributed by atoms with Gasteiger partial charge >= 0.3 is 0 Å². The minimum atomic E-state index is 0.211. The van der Waals surface area contributed by atoms with Gasteiger partial charge in [0.2, 0.25) is 0 Å². The van der Waals surface area contributed by atoms with Gasteiger partial charge in [0.15, 0.2) is 0 Å². The van der Waals surface area contributed by atoms with E-state index in [-0.39, 0.29) is 6.04 Å². The van der Waals surface area contributed by atoms with E-state index >= 15 is 0 Å². The van der Waals surface area contributed by atoms with Crippen molar-refractivity contribution >= 4 is 31.9 Å². The first-order chi connectivity index (χ1) is 9.67. The Morgan fingerprint density at radius 2 is 1.75 bits per heavy atom. The largest absolute Gasteiger partial charge is 0.306 e. The van der Waals surface area contributed by atoms with Gasteiger partial charge in [0.25, 0.3) is 0 Å². The fraction of sp³-hybridized carbons (Fsp3) is 0.294. The van der Waals surface area contributed by atoms with Crippen LogP contribution in [0.25, 0.3) is 0 Å². The summed E-state index contributed by atoms with van der Waals surface area (Å²) >= 11 is 7.26. The molecule has 1 nitrogen and oxygen atoms in total. The van der Waals surface area contributed by atoms with Gasteiger partial charge in [-0.05, 0) is 47.9 Å². The summed E-state index contributed by atoms with van der Waals surface area (Å²) in [5.74, 6) is 0. The van der Waals surface area contributed by atoms with E-state index in [1.807, 2.05) is 0 Å². The lowest BCUT2D eigenvalue weighted by atomic mass is 9.93. The number of rotatable bonds is 5. The molecular formula is C17H19Br2N. The van der Waals surface area contributed by atoms with E-state index in [0.29, 0.717) is 0 Å². The van der Waals surface area contributed by atoms with E-state index in [2.05, 4.69) is 93.5 Å². The maximum atomic E-state index is 3.68. The Hall–Kier alpha value is -0.640. The Kier molecular flexibility index (Phi) is 5.82. The Morgan fingerprint density at radius 3 is 2.45 bits per heavy atom. The van der Waals surface area contributed by atoms with Crippen molar-refractivity contribution in [2.75, 3.05) is 6.54 Å². The highest BCUT2D eigenvalue weighted by atomic mass is 79.9. The average molecular weight is 397 g/mol. The van der Waals surface area contributed by atoms with E-state index in [0.717, 1.165) is 21.9 Å². The molecule has 0 saturated heterocycles. The maximum Gasteiger partial charge on any atom is 0.0590 e. The van der Waals surface area contributed by atoms with Gasteiger partial charge in [0.05, 0.1) is 6.04 Å². The molecule has 20 heavy (non-hydrogen) atoms. The minimum Gasteiger partial charge on any atom is -0.306 e. The van der Waals surface area contributed by atoms with Crippen molar-refractivity contribution in [3.63, 3.8) is 0 Å². The fourth-order valence-corrected chi connectivity index (χ4v) is 3.32. The van der Waals surface area contributed by atoms with E-state index in [1.165, 1.54) is 16.7 Å². The second-order valence-electron chi connectivity index (χ2n) is 4.71. The van der Waals surface area contributed by atoms with Crippen LogP contribution in [-0.2, 0) is 6.42 Å². The Bertz CT molecular complexity index is 581. The third kappa shape index (κ3) is 3.51. The third-order valence-electron chi connectivity index (χ3n) is 3.42. The predicted octanol–water partition coefficient (Wildman–Crippen LogP) is 5.47. The highest BCUT2D eigenvalue weighted by Gasteiger charge is 2.18. The van der Waals surface area contributed by atoms with Crippen LogP contribution in [0, 0.1) is 0 Å². The molecule has 2 rings (SSSR count). The molecule has 0 aliphatic carbocycles. The Balaban J connectivity index is 2.53. The number of nitrogens with one attached hydrogen (secondary N) is 1. The highest BCUT2D eigenvalue weighted by Crippen LogP contribution is 2.32. The smallest absolute Gasteiger partial charge is 0.0590 e. The summed E-state index contributed by atoms with van der Waals surface area (Å²) in [6.07, 6.45) is 1.05. The molecule has 0 aromatic heterocycles. The summed E-state index contributed by atoms with van der Waals surface area (Å²) in [6.45, 7) is 5.28. The quantitative estimate of drug-likeness (QED) is 0.706. The van der Waals surface area contributed by atoms with Crippen molar-refractivity contribution in [3.05, 3.63) is 68.1 Å². The van der Waals surface area contributed by atoms with Crippen LogP contribution < -0.4 is 5.32 Å². The van der Waals surface area contributed by atoms with E-state index in [9.17, 15) is 0 Å². The van der Waals surface area contributed by atoms with Gasteiger partial charge in [0, 0.05) is 8.95 Å². The topological polar surface area (TPSA) is 12.0 Å². The molecule has 0 heterocycles. The first-order valence-electron chi connectivity index (χ1n) is 6.93. The molecular weight excluding hydrogens is 378 g/mol. The molecule has 0 aliphatic rings.